The lowest BCUT2D eigenvalue weighted by atomic mass is 10.1. The molecule has 0 radical (unpaired) electrons. The van der Waals surface area contributed by atoms with E-state index in [-0.39, 0.29) is 24.0 Å². The predicted molar refractivity (Wildman–Crippen MR) is 147 cm³/mol. The highest BCUT2D eigenvalue weighted by molar-refractivity contribution is 14.0. The second kappa shape index (κ2) is 15.1. The number of benzene rings is 2. The summed E-state index contributed by atoms with van der Waals surface area (Å²) >= 11 is 0. The number of rotatable bonds is 10. The molecule has 0 aliphatic carbocycles. The topological polar surface area (TPSA) is 61.4 Å². The molecule has 2 aromatic rings. The van der Waals surface area contributed by atoms with Crippen molar-refractivity contribution in [3.8, 4) is 5.75 Å². The summed E-state index contributed by atoms with van der Waals surface area (Å²) < 4.78 is 10.8. The molecule has 1 fully saturated rings. The molecule has 0 saturated carbocycles. The van der Waals surface area contributed by atoms with Gasteiger partial charge in [-0.15, -0.1) is 24.0 Å². The Morgan fingerprint density at radius 2 is 1.73 bits per heavy atom. The highest BCUT2D eigenvalue weighted by Gasteiger charge is 2.13. The third-order valence-corrected chi connectivity index (χ3v) is 5.57. The maximum absolute atomic E-state index is 5.78. The SMILES string of the molecule is CN=C(NCc1ccc(CN2CCN(C)CC2)cc1)Nc1cccc(OCCCOC)c1.I. The summed E-state index contributed by atoms with van der Waals surface area (Å²) in [7, 11) is 5.67. The quantitative estimate of drug-likeness (QED) is 0.198. The summed E-state index contributed by atoms with van der Waals surface area (Å²) in [5.74, 6) is 1.56. The van der Waals surface area contributed by atoms with Crippen molar-refractivity contribution in [1.29, 1.82) is 0 Å². The lowest BCUT2D eigenvalue weighted by Gasteiger charge is -2.32. The molecule has 8 heteroatoms. The van der Waals surface area contributed by atoms with Gasteiger partial charge < -0.3 is 25.0 Å². The van der Waals surface area contributed by atoms with Gasteiger partial charge in [0.05, 0.1) is 6.61 Å². The van der Waals surface area contributed by atoms with Gasteiger partial charge in [0.1, 0.15) is 5.75 Å². The first-order valence-corrected chi connectivity index (χ1v) is 11.3. The number of aliphatic imine (C=N–C) groups is 1. The number of anilines is 1. The lowest BCUT2D eigenvalue weighted by molar-refractivity contribution is 0.148. The van der Waals surface area contributed by atoms with E-state index in [2.05, 4.69) is 56.7 Å². The van der Waals surface area contributed by atoms with E-state index < -0.39 is 0 Å². The van der Waals surface area contributed by atoms with Crippen molar-refractivity contribution >= 4 is 35.6 Å². The normalized spacial score (nSPS) is 15.1. The zero-order valence-electron chi connectivity index (χ0n) is 20.0. The fourth-order valence-corrected chi connectivity index (χ4v) is 3.59. The van der Waals surface area contributed by atoms with Crippen molar-refractivity contribution in [1.82, 2.24) is 15.1 Å². The molecule has 33 heavy (non-hydrogen) atoms. The van der Waals surface area contributed by atoms with Crippen LogP contribution < -0.4 is 15.4 Å². The first-order chi connectivity index (χ1) is 15.7. The summed E-state index contributed by atoms with van der Waals surface area (Å²) in [6.45, 7) is 7.65. The second-order valence-corrected chi connectivity index (χ2v) is 8.17. The maximum Gasteiger partial charge on any atom is 0.195 e. The molecule has 1 aliphatic rings. The lowest BCUT2D eigenvalue weighted by Crippen LogP contribution is -2.43. The number of guanidine groups is 1. The molecule has 2 aromatic carbocycles. The van der Waals surface area contributed by atoms with E-state index in [1.54, 1.807) is 14.2 Å². The Balaban J connectivity index is 0.00000385. The average Bonchev–Trinajstić information content (AvgIpc) is 2.82. The van der Waals surface area contributed by atoms with Crippen LogP contribution in [0.25, 0.3) is 0 Å². The van der Waals surface area contributed by atoms with E-state index in [1.807, 2.05) is 24.3 Å². The minimum atomic E-state index is 0. The molecule has 1 saturated heterocycles. The standard InChI is InChI=1S/C25H37N5O2.HI/c1-26-25(28-23-6-4-7-24(18-23)32-17-5-16-31-3)27-19-21-8-10-22(11-9-21)20-30-14-12-29(2)13-15-30;/h4,6-11,18H,5,12-17,19-20H2,1-3H3,(H2,26,27,28);1H. The van der Waals surface area contributed by atoms with Gasteiger partial charge >= 0.3 is 0 Å². The van der Waals surface area contributed by atoms with Crippen molar-refractivity contribution < 1.29 is 9.47 Å². The molecule has 0 spiro atoms. The molecule has 0 amide bonds. The van der Waals surface area contributed by atoms with Gasteiger partial charge in [-0.1, -0.05) is 30.3 Å². The minimum absolute atomic E-state index is 0. The fourth-order valence-electron chi connectivity index (χ4n) is 3.59. The third-order valence-electron chi connectivity index (χ3n) is 5.57. The summed E-state index contributed by atoms with van der Waals surface area (Å²) in [4.78, 5) is 9.25. The molecule has 1 aliphatic heterocycles. The van der Waals surface area contributed by atoms with Gasteiger partial charge in [0.15, 0.2) is 5.96 Å². The highest BCUT2D eigenvalue weighted by atomic mass is 127. The van der Waals surface area contributed by atoms with E-state index in [1.165, 1.54) is 11.1 Å². The zero-order chi connectivity index (χ0) is 22.6. The number of nitrogens with one attached hydrogen (secondary N) is 2. The second-order valence-electron chi connectivity index (χ2n) is 8.17. The van der Waals surface area contributed by atoms with Crippen LogP contribution in [0.1, 0.15) is 17.5 Å². The molecule has 0 atom stereocenters. The van der Waals surface area contributed by atoms with Crippen LogP contribution in [-0.2, 0) is 17.8 Å². The number of piperazine rings is 1. The molecule has 0 unspecified atom stereocenters. The van der Waals surface area contributed by atoms with E-state index in [0.29, 0.717) is 19.8 Å². The number of ether oxygens (including phenoxy) is 2. The third kappa shape index (κ3) is 9.87. The Hall–Kier alpha value is -1.88. The Kier molecular flexibility index (Phi) is 12.5. The van der Waals surface area contributed by atoms with Crippen molar-refractivity contribution in [2.45, 2.75) is 19.5 Å². The van der Waals surface area contributed by atoms with Gasteiger partial charge in [-0.3, -0.25) is 9.89 Å². The smallest absolute Gasteiger partial charge is 0.195 e. The van der Waals surface area contributed by atoms with Gasteiger partial charge in [-0.05, 0) is 30.3 Å². The highest BCUT2D eigenvalue weighted by Crippen LogP contribution is 2.17. The van der Waals surface area contributed by atoms with Gasteiger partial charge in [0, 0.05) is 78.2 Å². The monoisotopic (exact) mass is 567 g/mol. The van der Waals surface area contributed by atoms with Crippen molar-refractivity contribution in [3.63, 3.8) is 0 Å². The van der Waals surface area contributed by atoms with Crippen molar-refractivity contribution in [3.05, 3.63) is 59.7 Å². The molecular formula is C25H38IN5O2. The molecule has 182 valence electrons. The van der Waals surface area contributed by atoms with Gasteiger partial charge in [-0.25, -0.2) is 0 Å². The molecule has 2 N–H and O–H groups in total. The summed E-state index contributed by atoms with van der Waals surface area (Å²) in [6, 6.07) is 16.8. The van der Waals surface area contributed by atoms with Crippen LogP contribution >= 0.6 is 24.0 Å². The predicted octanol–water partition coefficient (Wildman–Crippen LogP) is 3.65. The maximum atomic E-state index is 5.78. The Morgan fingerprint density at radius 3 is 2.42 bits per heavy atom. The van der Waals surface area contributed by atoms with Gasteiger partial charge in [-0.2, -0.15) is 0 Å². The number of hydrogen-bond acceptors (Lipinski definition) is 5. The van der Waals surface area contributed by atoms with Crippen LogP contribution in [0.15, 0.2) is 53.5 Å². The van der Waals surface area contributed by atoms with Crippen LogP contribution in [0, 0.1) is 0 Å². The van der Waals surface area contributed by atoms with Crippen molar-refractivity contribution in [2.75, 3.05) is 65.9 Å². The summed E-state index contributed by atoms with van der Waals surface area (Å²) in [5, 5.41) is 6.72. The largest absolute Gasteiger partial charge is 0.493 e. The molecule has 1 heterocycles. The van der Waals surface area contributed by atoms with Crippen LogP contribution in [0.4, 0.5) is 5.69 Å². The molecular weight excluding hydrogens is 529 g/mol. The van der Waals surface area contributed by atoms with E-state index in [4.69, 9.17) is 9.47 Å². The molecule has 0 aromatic heterocycles. The van der Waals surface area contributed by atoms with Crippen LogP contribution in [0.5, 0.6) is 5.75 Å². The first-order valence-electron chi connectivity index (χ1n) is 11.3. The van der Waals surface area contributed by atoms with Crippen LogP contribution in [0.3, 0.4) is 0 Å². The number of methoxy groups -OCH3 is 1. The number of hydrogen-bond donors (Lipinski definition) is 2. The molecule has 7 nitrogen and oxygen atoms in total. The number of halogens is 1. The van der Waals surface area contributed by atoms with Crippen molar-refractivity contribution in [2.24, 2.45) is 4.99 Å². The molecule has 3 rings (SSSR count). The molecule has 0 bridgehead atoms. The summed E-state index contributed by atoms with van der Waals surface area (Å²) in [6.07, 6.45) is 0.867. The minimum Gasteiger partial charge on any atom is -0.493 e. The number of likely N-dealkylation sites (N-methyl/N-ethyl adjacent to an activating group) is 1. The fraction of sp³-hybridized carbons (Fsp3) is 0.480. The average molecular weight is 568 g/mol. The summed E-state index contributed by atoms with van der Waals surface area (Å²) in [5.41, 5.74) is 3.53. The number of nitrogens with zero attached hydrogens (tertiary/aromatic N) is 3. The van der Waals surface area contributed by atoms with E-state index in [0.717, 1.165) is 56.5 Å². The Bertz CT molecular complexity index is 839. The van der Waals surface area contributed by atoms with Crippen LogP contribution in [-0.4, -0.2) is 76.4 Å². The Morgan fingerprint density at radius 1 is 1.00 bits per heavy atom. The first kappa shape index (κ1) is 27.4. The van der Waals surface area contributed by atoms with E-state index >= 15 is 0 Å². The van der Waals surface area contributed by atoms with Crippen LogP contribution in [0.2, 0.25) is 0 Å². The van der Waals surface area contributed by atoms with Gasteiger partial charge in [0.2, 0.25) is 0 Å². The van der Waals surface area contributed by atoms with Gasteiger partial charge in [0.25, 0.3) is 0 Å². The zero-order valence-corrected chi connectivity index (χ0v) is 22.4. The Labute approximate surface area is 215 Å². The van der Waals surface area contributed by atoms with E-state index in [9.17, 15) is 0 Å².